The Morgan fingerprint density at radius 2 is 1.84 bits per heavy atom. The number of rotatable bonds is 3. The lowest BCUT2D eigenvalue weighted by Crippen LogP contribution is -2.37. The largest absolute Gasteiger partial charge is 0.491 e. The standard InChI is InChI=1S/C31H33N5O2/c1-19-3-2-13-36(19)25-9-6-20-4-5-22(15-21(20)7-10-25)24-16-27-29(34-35-30(27)33-18-24)23-8-11-26-28(17-23)38-14-12-32-31(26)37/h4-5,8,11,15-19,25H,2-3,6-7,9-10,12-14H2,1H3,(H,32,37)(H,33,34,35). The van der Waals surface area contributed by atoms with Gasteiger partial charge >= 0.3 is 0 Å². The van der Waals surface area contributed by atoms with Crippen molar-refractivity contribution in [1.82, 2.24) is 25.4 Å². The Morgan fingerprint density at radius 3 is 2.71 bits per heavy atom. The molecule has 4 heterocycles. The highest BCUT2D eigenvalue weighted by atomic mass is 16.5. The van der Waals surface area contributed by atoms with E-state index in [-0.39, 0.29) is 5.91 Å². The van der Waals surface area contributed by atoms with Crippen molar-refractivity contribution in [3.05, 3.63) is 65.4 Å². The third-order valence-electron chi connectivity index (χ3n) is 8.68. The van der Waals surface area contributed by atoms with Crippen molar-refractivity contribution < 1.29 is 9.53 Å². The van der Waals surface area contributed by atoms with E-state index in [9.17, 15) is 4.79 Å². The highest BCUT2D eigenvalue weighted by Crippen LogP contribution is 2.35. The van der Waals surface area contributed by atoms with Gasteiger partial charge in [-0.15, -0.1) is 0 Å². The number of carbonyl (C=O) groups excluding carboxylic acids is 1. The van der Waals surface area contributed by atoms with E-state index in [2.05, 4.69) is 56.6 Å². The molecule has 38 heavy (non-hydrogen) atoms. The summed E-state index contributed by atoms with van der Waals surface area (Å²) in [4.78, 5) is 19.7. The van der Waals surface area contributed by atoms with Crippen molar-refractivity contribution in [3.8, 4) is 28.1 Å². The van der Waals surface area contributed by atoms with Crippen LogP contribution < -0.4 is 10.1 Å². The number of H-pyrrole nitrogens is 1. The van der Waals surface area contributed by atoms with Crippen molar-refractivity contribution >= 4 is 16.9 Å². The number of ether oxygens (including phenoxy) is 1. The van der Waals surface area contributed by atoms with Gasteiger partial charge in [-0.2, -0.15) is 5.10 Å². The fourth-order valence-electron chi connectivity index (χ4n) is 6.58. The minimum Gasteiger partial charge on any atom is -0.491 e. The van der Waals surface area contributed by atoms with Crippen molar-refractivity contribution in [2.24, 2.45) is 0 Å². The van der Waals surface area contributed by atoms with Crippen LogP contribution in [0.15, 0.2) is 48.7 Å². The number of nitrogens with zero attached hydrogens (tertiary/aromatic N) is 3. The van der Waals surface area contributed by atoms with E-state index in [1.807, 2.05) is 24.4 Å². The molecule has 0 bridgehead atoms. The number of carbonyl (C=O) groups is 1. The van der Waals surface area contributed by atoms with E-state index >= 15 is 0 Å². The van der Waals surface area contributed by atoms with E-state index in [0.717, 1.165) is 41.1 Å². The number of amides is 1. The van der Waals surface area contributed by atoms with Crippen molar-refractivity contribution in [2.45, 2.75) is 57.5 Å². The maximum absolute atomic E-state index is 12.3. The Balaban J connectivity index is 1.19. The molecule has 3 aliphatic rings. The summed E-state index contributed by atoms with van der Waals surface area (Å²) in [6.07, 6.45) is 9.39. The molecule has 7 heteroatoms. The molecule has 1 amide bonds. The third-order valence-corrected chi connectivity index (χ3v) is 8.68. The first-order chi connectivity index (χ1) is 18.6. The number of nitrogens with one attached hydrogen (secondary N) is 2. The van der Waals surface area contributed by atoms with Gasteiger partial charge in [0.05, 0.1) is 17.8 Å². The van der Waals surface area contributed by atoms with Crippen molar-refractivity contribution in [2.75, 3.05) is 19.7 Å². The van der Waals surface area contributed by atoms with Gasteiger partial charge in [-0.05, 0) is 86.9 Å². The molecule has 2 aromatic heterocycles. The van der Waals surface area contributed by atoms with Gasteiger partial charge in [0.1, 0.15) is 12.4 Å². The van der Waals surface area contributed by atoms with Crippen LogP contribution in [0.25, 0.3) is 33.4 Å². The molecule has 2 aliphatic heterocycles. The maximum Gasteiger partial charge on any atom is 0.255 e. The summed E-state index contributed by atoms with van der Waals surface area (Å²) in [7, 11) is 0. The Hall–Kier alpha value is -3.71. The number of hydrogen-bond donors (Lipinski definition) is 2. The number of hydrogen-bond acceptors (Lipinski definition) is 5. The molecular formula is C31H33N5O2. The van der Waals surface area contributed by atoms with Gasteiger partial charge in [-0.3, -0.25) is 14.8 Å². The second-order valence-electron chi connectivity index (χ2n) is 11.0. The minimum atomic E-state index is -0.105. The predicted octanol–water partition coefficient (Wildman–Crippen LogP) is 5.15. The summed E-state index contributed by atoms with van der Waals surface area (Å²) in [5.41, 5.74) is 8.28. The Bertz CT molecular complexity index is 1530. The number of aromatic amines is 1. The smallest absolute Gasteiger partial charge is 0.255 e. The van der Waals surface area contributed by atoms with E-state index in [1.165, 1.54) is 48.9 Å². The summed E-state index contributed by atoms with van der Waals surface area (Å²) in [5.74, 6) is 0.490. The fourth-order valence-corrected chi connectivity index (χ4v) is 6.58. The number of pyridine rings is 1. The quantitative estimate of drug-likeness (QED) is 0.375. The Morgan fingerprint density at radius 1 is 0.974 bits per heavy atom. The number of fused-ring (bicyclic) bond motifs is 3. The first kappa shape index (κ1) is 23.4. The molecule has 194 valence electrons. The zero-order valence-corrected chi connectivity index (χ0v) is 21.8. The van der Waals surface area contributed by atoms with Crippen LogP contribution in [0.2, 0.25) is 0 Å². The van der Waals surface area contributed by atoms with Crippen LogP contribution in [0.3, 0.4) is 0 Å². The second kappa shape index (κ2) is 9.55. The van der Waals surface area contributed by atoms with Gasteiger partial charge < -0.3 is 10.1 Å². The first-order valence-corrected chi connectivity index (χ1v) is 13.9. The van der Waals surface area contributed by atoms with Gasteiger partial charge in [0.2, 0.25) is 0 Å². The zero-order valence-electron chi connectivity index (χ0n) is 21.8. The molecule has 7 rings (SSSR count). The van der Waals surface area contributed by atoms with Crippen molar-refractivity contribution in [1.29, 1.82) is 0 Å². The van der Waals surface area contributed by atoms with Gasteiger partial charge in [0.25, 0.3) is 5.91 Å². The molecule has 0 spiro atoms. The summed E-state index contributed by atoms with van der Waals surface area (Å²) in [6, 6.07) is 16.2. The molecule has 0 radical (unpaired) electrons. The van der Waals surface area contributed by atoms with Crippen LogP contribution in [-0.2, 0) is 12.8 Å². The third kappa shape index (κ3) is 4.15. The fraction of sp³-hybridized carbons (Fsp3) is 0.387. The molecule has 2 N–H and O–H groups in total. The maximum atomic E-state index is 12.3. The van der Waals surface area contributed by atoms with Crippen LogP contribution in [-0.4, -0.2) is 57.8 Å². The first-order valence-electron chi connectivity index (χ1n) is 13.9. The Kier molecular flexibility index (Phi) is 5.88. The SMILES string of the molecule is CC1CCCN1C1CCc2ccc(-c3cnc4n[nH]c(-c5ccc6c(c5)OCCNC6=O)c4c3)cc2CC1. The van der Waals surface area contributed by atoms with Crippen LogP contribution in [0, 0.1) is 0 Å². The van der Waals surface area contributed by atoms with E-state index < -0.39 is 0 Å². The molecule has 2 aromatic carbocycles. The number of aryl methyl sites for hydroxylation is 2. The predicted molar refractivity (Wildman–Crippen MR) is 148 cm³/mol. The van der Waals surface area contributed by atoms with E-state index in [0.29, 0.717) is 36.2 Å². The van der Waals surface area contributed by atoms with E-state index in [4.69, 9.17) is 4.74 Å². The molecule has 2 unspecified atom stereocenters. The lowest BCUT2D eigenvalue weighted by molar-refractivity contribution is 0.0957. The van der Waals surface area contributed by atoms with Crippen LogP contribution in [0.1, 0.15) is 54.1 Å². The van der Waals surface area contributed by atoms with Gasteiger partial charge in [0, 0.05) is 34.8 Å². The molecule has 4 aromatic rings. The monoisotopic (exact) mass is 507 g/mol. The summed E-state index contributed by atoms with van der Waals surface area (Å²) < 4.78 is 5.84. The second-order valence-corrected chi connectivity index (χ2v) is 11.0. The molecule has 0 saturated carbocycles. The highest BCUT2D eigenvalue weighted by Gasteiger charge is 2.29. The lowest BCUT2D eigenvalue weighted by atomic mass is 9.96. The molecular weight excluding hydrogens is 474 g/mol. The minimum absolute atomic E-state index is 0.105. The average molecular weight is 508 g/mol. The van der Waals surface area contributed by atoms with Gasteiger partial charge in [-0.1, -0.05) is 24.3 Å². The topological polar surface area (TPSA) is 83.1 Å². The van der Waals surface area contributed by atoms with Crippen LogP contribution in [0.4, 0.5) is 0 Å². The van der Waals surface area contributed by atoms with Gasteiger partial charge in [0.15, 0.2) is 5.65 Å². The van der Waals surface area contributed by atoms with Crippen LogP contribution in [0.5, 0.6) is 5.75 Å². The zero-order chi connectivity index (χ0) is 25.6. The number of benzene rings is 2. The van der Waals surface area contributed by atoms with Gasteiger partial charge in [-0.25, -0.2) is 4.98 Å². The summed E-state index contributed by atoms with van der Waals surface area (Å²) in [6.45, 7) is 4.61. The molecule has 2 atom stereocenters. The number of aromatic nitrogens is 3. The summed E-state index contributed by atoms with van der Waals surface area (Å²) in [5, 5.41) is 11.4. The van der Waals surface area contributed by atoms with Crippen molar-refractivity contribution in [3.63, 3.8) is 0 Å². The lowest BCUT2D eigenvalue weighted by Gasteiger charge is -2.30. The molecule has 1 aliphatic carbocycles. The highest BCUT2D eigenvalue weighted by molar-refractivity contribution is 5.99. The average Bonchev–Trinajstić information content (AvgIpc) is 3.44. The number of likely N-dealkylation sites (tertiary alicyclic amines) is 1. The molecule has 7 nitrogen and oxygen atoms in total. The summed E-state index contributed by atoms with van der Waals surface area (Å²) >= 11 is 0. The van der Waals surface area contributed by atoms with Crippen LogP contribution >= 0.6 is 0 Å². The molecule has 1 saturated heterocycles. The van der Waals surface area contributed by atoms with E-state index in [1.54, 1.807) is 0 Å². The Labute approximate surface area is 222 Å². The molecule has 1 fully saturated rings. The normalized spacial score (nSPS) is 21.8.